The van der Waals surface area contributed by atoms with Crippen LogP contribution < -0.4 is 25.4 Å². The van der Waals surface area contributed by atoms with E-state index in [4.69, 9.17) is 23.7 Å². The maximum atomic E-state index is 17.3. The molecule has 322 valence electrons. The fraction of sp³-hybridized carbons (Fsp3) is 0.388. The van der Waals surface area contributed by atoms with Crippen LogP contribution in [0.2, 0.25) is 10.9 Å². The Balaban J connectivity index is 1.38. The minimum Gasteiger partial charge on any atom is -0.533 e. The van der Waals surface area contributed by atoms with Gasteiger partial charge in [0.05, 0.1) is 39.7 Å². The van der Waals surface area contributed by atoms with Gasteiger partial charge in [-0.1, -0.05) is 101 Å². The van der Waals surface area contributed by atoms with Crippen LogP contribution in [0.3, 0.4) is 0 Å². The Labute approximate surface area is 364 Å². The van der Waals surface area contributed by atoms with Gasteiger partial charge < -0.3 is 18.6 Å². The van der Waals surface area contributed by atoms with Gasteiger partial charge in [0.2, 0.25) is 0 Å². The molecule has 8 rings (SSSR count). The van der Waals surface area contributed by atoms with E-state index >= 15 is 8.78 Å². The van der Waals surface area contributed by atoms with Crippen LogP contribution in [0.1, 0.15) is 92.3 Å². The van der Waals surface area contributed by atoms with Gasteiger partial charge in [0, 0.05) is 24.8 Å². The molecule has 0 bridgehead atoms. The molecule has 2 aliphatic rings. The lowest BCUT2D eigenvalue weighted by Crippen LogP contribution is -2.68. The highest BCUT2D eigenvalue weighted by Gasteiger charge is 2.55. The molecule has 0 radical (unpaired) electrons. The van der Waals surface area contributed by atoms with Gasteiger partial charge in [0.1, 0.15) is 23.2 Å². The number of nitrogens with zero attached hydrogens (tertiary/aromatic N) is 5. The SMILES string of the molecule is Cc1ccnc(C(C)C)c1-n1c(=O)nc(N2CCC(B3OC(C)(C)C(C)(C)O3)CC2)c2c(-c3c(F)cccc3O[Si](c3ccccc3)(c3ccccc3)C(C)(C)C)c(F)cnc21. The van der Waals surface area contributed by atoms with E-state index < -0.39 is 49.0 Å². The van der Waals surface area contributed by atoms with E-state index in [0.29, 0.717) is 37.3 Å². The normalized spacial score (nSPS) is 17.0. The number of halogens is 2. The summed E-state index contributed by atoms with van der Waals surface area (Å²) in [5, 5.41) is 1.67. The van der Waals surface area contributed by atoms with E-state index in [1.165, 1.54) is 10.6 Å². The zero-order chi connectivity index (χ0) is 44.4. The van der Waals surface area contributed by atoms with Crippen molar-refractivity contribution >= 4 is 42.7 Å². The Morgan fingerprint density at radius 1 is 0.823 bits per heavy atom. The number of hydrogen-bond donors (Lipinski definition) is 0. The summed E-state index contributed by atoms with van der Waals surface area (Å²) < 4.78 is 56.3. The quantitative estimate of drug-likeness (QED) is 0.133. The van der Waals surface area contributed by atoms with Crippen molar-refractivity contribution in [2.45, 2.75) is 110 Å². The van der Waals surface area contributed by atoms with Gasteiger partial charge in [-0.3, -0.25) is 4.98 Å². The third-order valence-corrected chi connectivity index (χ3v) is 18.1. The Bertz CT molecular complexity index is 2630. The number of rotatable bonds is 9. The van der Waals surface area contributed by atoms with Gasteiger partial charge in [-0.15, -0.1) is 0 Å². The summed E-state index contributed by atoms with van der Waals surface area (Å²) in [5.74, 6) is -1.08. The molecular weight excluding hydrogens is 799 g/mol. The minimum atomic E-state index is -3.37. The standard InChI is InChI=1S/C49H56BF2N5O4Si/c1-31(2)42-43(32(3)24-27-53-42)57-44-41(45(55-46(57)58)56-28-25-33(26-29-56)50-60-48(7,8)49(9,10)61-50)40(37(52)30-54-44)39-36(51)22-17-23-38(39)59-62(47(4,5)6,34-18-13-11-14-19-34)35-20-15-12-16-21-35/h11-24,27,30-31,33H,25-26,28-29H2,1-10H3. The van der Waals surface area contributed by atoms with Gasteiger partial charge in [-0.25, -0.2) is 23.1 Å². The number of piperidine rings is 1. The van der Waals surface area contributed by atoms with E-state index in [9.17, 15) is 4.79 Å². The number of fused-ring (bicyclic) bond motifs is 1. The first-order chi connectivity index (χ1) is 29.4. The summed E-state index contributed by atoms with van der Waals surface area (Å²) in [6, 6.07) is 26.5. The third-order valence-electron chi connectivity index (χ3n) is 13.2. The van der Waals surface area contributed by atoms with E-state index in [2.05, 4.69) is 50.0 Å². The van der Waals surface area contributed by atoms with E-state index in [-0.39, 0.29) is 45.5 Å². The van der Waals surface area contributed by atoms with E-state index in [0.717, 1.165) is 22.1 Å². The summed E-state index contributed by atoms with van der Waals surface area (Å²) in [6.45, 7) is 21.4. The molecule has 0 amide bonds. The molecule has 2 aliphatic heterocycles. The molecule has 0 spiro atoms. The third kappa shape index (κ3) is 7.35. The Hall–Kier alpha value is -5.24. The van der Waals surface area contributed by atoms with Crippen LogP contribution in [0.15, 0.2) is 102 Å². The summed E-state index contributed by atoms with van der Waals surface area (Å²) in [6.07, 6.45) is 4.09. The van der Waals surface area contributed by atoms with Crippen molar-refractivity contribution in [3.8, 4) is 22.6 Å². The van der Waals surface area contributed by atoms with Crippen LogP contribution in [-0.4, -0.2) is 59.2 Å². The van der Waals surface area contributed by atoms with Crippen molar-refractivity contribution in [2.24, 2.45) is 0 Å². The van der Waals surface area contributed by atoms with Crippen LogP contribution in [-0.2, 0) is 9.31 Å². The lowest BCUT2D eigenvalue weighted by atomic mass is 9.67. The minimum absolute atomic E-state index is 0.0675. The van der Waals surface area contributed by atoms with Crippen LogP contribution in [0.25, 0.3) is 27.8 Å². The first kappa shape index (κ1) is 43.4. The van der Waals surface area contributed by atoms with Gasteiger partial charge in [0.15, 0.2) is 5.65 Å². The fourth-order valence-electron chi connectivity index (χ4n) is 9.22. The molecule has 2 fully saturated rings. The fourth-order valence-corrected chi connectivity index (χ4v) is 13.6. The Morgan fingerprint density at radius 2 is 1.42 bits per heavy atom. The largest absolute Gasteiger partial charge is 0.533 e. The van der Waals surface area contributed by atoms with Crippen molar-refractivity contribution in [1.82, 2.24) is 19.5 Å². The van der Waals surface area contributed by atoms with Crippen LogP contribution >= 0.6 is 0 Å². The van der Waals surface area contributed by atoms with Crippen LogP contribution in [0, 0.1) is 18.6 Å². The predicted octanol–water partition coefficient (Wildman–Crippen LogP) is 9.55. The van der Waals surface area contributed by atoms with Crippen LogP contribution in [0.5, 0.6) is 5.75 Å². The second-order valence-electron chi connectivity index (χ2n) is 19.1. The van der Waals surface area contributed by atoms with Crippen molar-refractivity contribution in [3.63, 3.8) is 0 Å². The van der Waals surface area contributed by atoms with E-state index in [1.807, 2.05) is 95.8 Å². The predicted molar refractivity (Wildman–Crippen MR) is 247 cm³/mol. The maximum Gasteiger partial charge on any atom is 0.461 e. The number of aryl methyl sites for hydroxylation is 1. The summed E-state index contributed by atoms with van der Waals surface area (Å²) in [4.78, 5) is 30.8. The molecule has 62 heavy (non-hydrogen) atoms. The molecule has 0 aliphatic carbocycles. The Morgan fingerprint density at radius 3 is 1.98 bits per heavy atom. The first-order valence-corrected chi connectivity index (χ1v) is 23.5. The van der Waals surface area contributed by atoms with Crippen LogP contribution in [0.4, 0.5) is 14.6 Å². The molecule has 13 heteroatoms. The smallest absolute Gasteiger partial charge is 0.461 e. The molecular formula is C49H56BF2N5O4Si. The van der Waals surface area contributed by atoms with Gasteiger partial charge in [0.25, 0.3) is 0 Å². The zero-order valence-electron chi connectivity index (χ0n) is 37.4. The average molecular weight is 856 g/mol. The highest BCUT2D eigenvalue weighted by molar-refractivity contribution is 7.00. The number of benzene rings is 3. The van der Waals surface area contributed by atoms with Crippen molar-refractivity contribution in [2.75, 3.05) is 18.0 Å². The molecule has 3 aromatic heterocycles. The number of aromatic nitrogens is 4. The van der Waals surface area contributed by atoms with Crippen molar-refractivity contribution in [3.05, 3.63) is 131 Å². The second kappa shape index (κ2) is 16.1. The van der Waals surface area contributed by atoms with E-state index in [1.54, 1.807) is 18.3 Å². The molecule has 0 saturated carbocycles. The molecule has 0 atom stereocenters. The molecule has 2 saturated heterocycles. The van der Waals surface area contributed by atoms with Gasteiger partial charge in [-0.05, 0) is 98.4 Å². The number of anilines is 1. The second-order valence-corrected chi connectivity index (χ2v) is 23.3. The Kier molecular flexibility index (Phi) is 11.3. The van der Waals surface area contributed by atoms with Gasteiger partial charge in [-0.2, -0.15) is 4.98 Å². The highest BCUT2D eigenvalue weighted by Crippen LogP contribution is 2.47. The van der Waals surface area contributed by atoms with Gasteiger partial charge >= 0.3 is 21.1 Å². The monoisotopic (exact) mass is 855 g/mol. The molecule has 5 heterocycles. The molecule has 9 nitrogen and oxygen atoms in total. The lowest BCUT2D eigenvalue weighted by molar-refractivity contribution is 0.00578. The maximum absolute atomic E-state index is 17.3. The molecule has 3 aromatic carbocycles. The highest BCUT2D eigenvalue weighted by atomic mass is 28.4. The lowest BCUT2D eigenvalue weighted by Gasteiger charge is -2.43. The molecule has 0 N–H and O–H groups in total. The number of hydrogen-bond acceptors (Lipinski definition) is 8. The number of pyridine rings is 2. The first-order valence-electron chi connectivity index (χ1n) is 21.6. The summed E-state index contributed by atoms with van der Waals surface area (Å²) in [5.41, 5.74) is 0.349. The molecule has 0 unspecified atom stereocenters. The van der Waals surface area contributed by atoms with Crippen molar-refractivity contribution in [1.29, 1.82) is 0 Å². The summed E-state index contributed by atoms with van der Waals surface area (Å²) >= 11 is 0. The molecule has 6 aromatic rings. The summed E-state index contributed by atoms with van der Waals surface area (Å²) in [7, 11) is -3.77. The topological polar surface area (TPSA) is 91.6 Å². The zero-order valence-corrected chi connectivity index (χ0v) is 38.4. The average Bonchev–Trinajstić information content (AvgIpc) is 3.46. The van der Waals surface area contributed by atoms with Crippen molar-refractivity contribution < 1.29 is 22.5 Å².